The number of nitrogens with zero attached hydrogens (tertiary/aromatic N) is 2. The number of hydrogen-bond acceptors (Lipinski definition) is 3. The van der Waals surface area contributed by atoms with E-state index in [1.807, 2.05) is 19.1 Å². The fraction of sp³-hybridized carbons (Fsp3) is 0.318. The zero-order valence-corrected chi connectivity index (χ0v) is 15.9. The molecule has 2 aromatic carbocycles. The van der Waals surface area contributed by atoms with Gasteiger partial charge >= 0.3 is 0 Å². The lowest BCUT2D eigenvalue weighted by Gasteiger charge is -2.34. The van der Waals surface area contributed by atoms with E-state index in [9.17, 15) is 9.18 Å². The van der Waals surface area contributed by atoms with E-state index < -0.39 is 0 Å². The van der Waals surface area contributed by atoms with Gasteiger partial charge in [0, 0.05) is 37.9 Å². The SMILES string of the molecule is C[C@H](NC(=O)/C=C/c1ccc(F)cc1)c1cccc(N2CCN(C)CC2)c1. The van der Waals surface area contributed by atoms with Crippen LogP contribution in [0.4, 0.5) is 10.1 Å². The summed E-state index contributed by atoms with van der Waals surface area (Å²) >= 11 is 0. The van der Waals surface area contributed by atoms with E-state index in [1.165, 1.54) is 23.9 Å². The molecular formula is C22H26FN3O. The minimum absolute atomic E-state index is 0.0946. The van der Waals surface area contributed by atoms with Crippen LogP contribution in [-0.4, -0.2) is 44.0 Å². The number of carbonyl (C=O) groups excluding carboxylic acids is 1. The van der Waals surface area contributed by atoms with Crippen LogP contribution in [0.5, 0.6) is 0 Å². The molecule has 5 heteroatoms. The first-order valence-corrected chi connectivity index (χ1v) is 9.29. The topological polar surface area (TPSA) is 35.6 Å². The van der Waals surface area contributed by atoms with Crippen molar-refractivity contribution in [3.05, 3.63) is 71.6 Å². The van der Waals surface area contributed by atoms with Gasteiger partial charge < -0.3 is 15.1 Å². The number of nitrogens with one attached hydrogen (secondary N) is 1. The molecule has 0 unspecified atom stereocenters. The summed E-state index contributed by atoms with van der Waals surface area (Å²) in [6, 6.07) is 14.3. The predicted octanol–water partition coefficient (Wildman–Crippen LogP) is 3.47. The number of likely N-dealkylation sites (N-methyl/N-ethyl adjacent to an activating group) is 1. The Kier molecular flexibility index (Phi) is 6.24. The number of carbonyl (C=O) groups is 1. The van der Waals surface area contributed by atoms with Gasteiger partial charge in [0.2, 0.25) is 5.91 Å². The Morgan fingerprint density at radius 3 is 2.52 bits per heavy atom. The molecule has 1 heterocycles. The van der Waals surface area contributed by atoms with Crippen LogP contribution in [0.25, 0.3) is 6.08 Å². The number of hydrogen-bond donors (Lipinski definition) is 1. The van der Waals surface area contributed by atoms with Crippen LogP contribution in [0.2, 0.25) is 0 Å². The fourth-order valence-electron chi connectivity index (χ4n) is 3.15. The molecule has 1 amide bonds. The third kappa shape index (κ3) is 5.41. The summed E-state index contributed by atoms with van der Waals surface area (Å²) in [6.45, 7) is 6.13. The van der Waals surface area contributed by atoms with Crippen molar-refractivity contribution in [2.75, 3.05) is 38.1 Å². The van der Waals surface area contributed by atoms with Gasteiger partial charge in [-0.2, -0.15) is 0 Å². The van der Waals surface area contributed by atoms with Gasteiger partial charge in [-0.3, -0.25) is 4.79 Å². The minimum Gasteiger partial charge on any atom is -0.369 e. The largest absolute Gasteiger partial charge is 0.369 e. The first kappa shape index (κ1) is 19.1. The minimum atomic E-state index is -0.287. The highest BCUT2D eigenvalue weighted by atomic mass is 19.1. The van der Waals surface area contributed by atoms with Crippen LogP contribution in [0.15, 0.2) is 54.6 Å². The van der Waals surface area contributed by atoms with E-state index in [1.54, 1.807) is 18.2 Å². The predicted molar refractivity (Wildman–Crippen MR) is 108 cm³/mol. The first-order valence-electron chi connectivity index (χ1n) is 9.29. The van der Waals surface area contributed by atoms with Crippen molar-refractivity contribution in [2.45, 2.75) is 13.0 Å². The lowest BCUT2D eigenvalue weighted by molar-refractivity contribution is -0.117. The maximum Gasteiger partial charge on any atom is 0.244 e. The molecule has 1 aliphatic heterocycles. The lowest BCUT2D eigenvalue weighted by atomic mass is 10.1. The molecule has 0 radical (unpaired) electrons. The van der Waals surface area contributed by atoms with E-state index in [0.29, 0.717) is 0 Å². The molecule has 0 bridgehead atoms. The Hall–Kier alpha value is -2.66. The van der Waals surface area contributed by atoms with Gasteiger partial charge in [-0.15, -0.1) is 0 Å². The molecular weight excluding hydrogens is 341 g/mol. The summed E-state index contributed by atoms with van der Waals surface area (Å²) in [5.74, 6) is -0.456. The fourth-order valence-corrected chi connectivity index (χ4v) is 3.15. The van der Waals surface area contributed by atoms with Crippen molar-refractivity contribution >= 4 is 17.7 Å². The van der Waals surface area contributed by atoms with E-state index in [4.69, 9.17) is 0 Å². The molecule has 0 saturated carbocycles. The monoisotopic (exact) mass is 367 g/mol. The van der Waals surface area contributed by atoms with Crippen LogP contribution < -0.4 is 10.2 Å². The average Bonchev–Trinajstić information content (AvgIpc) is 2.68. The van der Waals surface area contributed by atoms with E-state index in [-0.39, 0.29) is 17.8 Å². The number of benzene rings is 2. The molecule has 1 atom stereocenters. The van der Waals surface area contributed by atoms with Gasteiger partial charge in [0.1, 0.15) is 5.82 Å². The van der Waals surface area contributed by atoms with Crippen LogP contribution in [0.1, 0.15) is 24.1 Å². The molecule has 2 aromatic rings. The quantitative estimate of drug-likeness (QED) is 0.822. The summed E-state index contributed by atoms with van der Waals surface area (Å²) in [7, 11) is 2.14. The summed E-state index contributed by atoms with van der Waals surface area (Å²) in [5.41, 5.74) is 3.06. The Morgan fingerprint density at radius 2 is 1.81 bits per heavy atom. The molecule has 0 aromatic heterocycles. The maximum atomic E-state index is 12.9. The van der Waals surface area contributed by atoms with Crippen LogP contribution in [-0.2, 0) is 4.79 Å². The Bertz CT molecular complexity index is 795. The smallest absolute Gasteiger partial charge is 0.244 e. The Morgan fingerprint density at radius 1 is 1.11 bits per heavy atom. The van der Waals surface area contributed by atoms with Crippen molar-refractivity contribution in [1.29, 1.82) is 0 Å². The number of anilines is 1. The van der Waals surface area contributed by atoms with Gasteiger partial charge in [-0.25, -0.2) is 4.39 Å². The molecule has 3 rings (SSSR count). The summed E-state index contributed by atoms with van der Waals surface area (Å²) in [4.78, 5) is 16.9. The lowest BCUT2D eigenvalue weighted by Crippen LogP contribution is -2.44. The second-order valence-corrected chi connectivity index (χ2v) is 7.00. The maximum absolute atomic E-state index is 12.9. The molecule has 0 aliphatic carbocycles. The molecule has 4 nitrogen and oxygen atoms in total. The standard InChI is InChI=1S/C22H26FN3O/c1-17(24-22(27)11-8-18-6-9-20(23)10-7-18)19-4-3-5-21(16-19)26-14-12-25(2)13-15-26/h3-11,16-17H,12-15H2,1-2H3,(H,24,27)/b11-8+/t17-/m0/s1. The summed E-state index contributed by atoms with van der Waals surface area (Å²) < 4.78 is 12.9. The normalized spacial score (nSPS) is 16.5. The summed E-state index contributed by atoms with van der Waals surface area (Å²) in [6.07, 6.45) is 3.16. The zero-order chi connectivity index (χ0) is 19.2. The number of rotatable bonds is 5. The van der Waals surface area contributed by atoms with Crippen molar-refractivity contribution in [1.82, 2.24) is 10.2 Å². The molecule has 0 spiro atoms. The molecule has 1 saturated heterocycles. The van der Waals surface area contributed by atoms with Crippen LogP contribution >= 0.6 is 0 Å². The van der Waals surface area contributed by atoms with Gasteiger partial charge in [0.15, 0.2) is 0 Å². The second-order valence-electron chi connectivity index (χ2n) is 7.00. The van der Waals surface area contributed by atoms with Crippen LogP contribution in [0, 0.1) is 5.82 Å². The molecule has 1 aliphatic rings. The number of halogens is 1. The number of piperazine rings is 1. The van der Waals surface area contributed by atoms with Gasteiger partial charge in [-0.05, 0) is 55.4 Å². The summed E-state index contributed by atoms with van der Waals surface area (Å²) in [5, 5.41) is 2.99. The van der Waals surface area contributed by atoms with Crippen LogP contribution in [0.3, 0.4) is 0 Å². The Labute approximate surface area is 160 Å². The van der Waals surface area contributed by atoms with Crippen molar-refractivity contribution in [2.24, 2.45) is 0 Å². The average molecular weight is 367 g/mol. The highest BCUT2D eigenvalue weighted by Crippen LogP contribution is 2.21. The zero-order valence-electron chi connectivity index (χ0n) is 15.9. The second kappa shape index (κ2) is 8.82. The molecule has 27 heavy (non-hydrogen) atoms. The third-order valence-corrected chi connectivity index (χ3v) is 4.89. The molecule has 1 fully saturated rings. The first-order chi connectivity index (χ1) is 13.0. The van der Waals surface area contributed by atoms with E-state index in [0.717, 1.165) is 37.3 Å². The van der Waals surface area contributed by atoms with Gasteiger partial charge in [-0.1, -0.05) is 24.3 Å². The Balaban J connectivity index is 1.60. The van der Waals surface area contributed by atoms with Gasteiger partial charge in [0.05, 0.1) is 6.04 Å². The highest BCUT2D eigenvalue weighted by molar-refractivity contribution is 5.92. The van der Waals surface area contributed by atoms with E-state index in [2.05, 4.69) is 34.3 Å². The molecule has 1 N–H and O–H groups in total. The van der Waals surface area contributed by atoms with Crippen molar-refractivity contribution in [3.63, 3.8) is 0 Å². The molecule has 142 valence electrons. The van der Waals surface area contributed by atoms with Gasteiger partial charge in [0.25, 0.3) is 0 Å². The highest BCUT2D eigenvalue weighted by Gasteiger charge is 2.15. The van der Waals surface area contributed by atoms with E-state index >= 15 is 0 Å². The number of amides is 1. The third-order valence-electron chi connectivity index (χ3n) is 4.89. The van der Waals surface area contributed by atoms with Crippen molar-refractivity contribution in [3.8, 4) is 0 Å². The van der Waals surface area contributed by atoms with Crippen molar-refractivity contribution < 1.29 is 9.18 Å².